The number of nitrogens with one attached hydrogen (secondary N) is 1. The summed E-state index contributed by atoms with van der Waals surface area (Å²) in [6.45, 7) is 4.88. The highest BCUT2D eigenvalue weighted by molar-refractivity contribution is 7.94. The predicted octanol–water partition coefficient (Wildman–Crippen LogP) is 4.26. The summed E-state index contributed by atoms with van der Waals surface area (Å²) in [4.78, 5) is 25.3. The van der Waals surface area contributed by atoms with Gasteiger partial charge in [0.05, 0.1) is 21.9 Å². The van der Waals surface area contributed by atoms with Gasteiger partial charge in [0.25, 0.3) is 5.91 Å². The van der Waals surface area contributed by atoms with Crippen molar-refractivity contribution >= 4 is 56.4 Å². The number of rotatable bonds is 3. The number of hydrogen-bond donors (Lipinski definition) is 1. The number of benzene rings is 2. The molecular formula is C19H18Cl2N2O4S. The van der Waals surface area contributed by atoms with Crippen LogP contribution in [0, 0.1) is 12.3 Å². The fourth-order valence-electron chi connectivity index (χ4n) is 2.99. The molecule has 1 saturated heterocycles. The Morgan fingerprint density at radius 2 is 1.82 bits per heavy atom. The summed E-state index contributed by atoms with van der Waals surface area (Å²) in [6.07, 6.45) is 0. The maximum Gasteiger partial charge on any atom is 0.255 e. The molecule has 3 rings (SSSR count). The van der Waals surface area contributed by atoms with E-state index in [1.165, 1.54) is 18.2 Å². The van der Waals surface area contributed by atoms with E-state index < -0.39 is 27.3 Å². The summed E-state index contributed by atoms with van der Waals surface area (Å²) >= 11 is 12.2. The quantitative estimate of drug-likeness (QED) is 0.772. The van der Waals surface area contributed by atoms with Gasteiger partial charge in [-0.3, -0.25) is 9.59 Å². The number of amides is 2. The molecule has 28 heavy (non-hydrogen) atoms. The summed E-state index contributed by atoms with van der Waals surface area (Å²) in [6, 6.07) is 9.26. The molecule has 2 aromatic rings. The molecule has 0 saturated carbocycles. The molecule has 0 spiro atoms. The third-order valence-corrected chi connectivity index (χ3v) is 7.26. The molecule has 1 N–H and O–H groups in total. The lowest BCUT2D eigenvalue weighted by Gasteiger charge is -2.19. The summed E-state index contributed by atoms with van der Waals surface area (Å²) in [5.74, 6) is -1.39. The fourth-order valence-corrected chi connectivity index (χ4v) is 5.53. The molecule has 0 aliphatic carbocycles. The van der Waals surface area contributed by atoms with Gasteiger partial charge < -0.3 is 5.32 Å². The third kappa shape index (κ3) is 3.62. The molecule has 6 nitrogen and oxygen atoms in total. The minimum Gasteiger partial charge on any atom is -0.322 e. The molecule has 0 radical (unpaired) electrons. The summed E-state index contributed by atoms with van der Waals surface area (Å²) in [7, 11) is -3.88. The van der Waals surface area contributed by atoms with Crippen LogP contribution in [0.5, 0.6) is 0 Å². The van der Waals surface area contributed by atoms with Crippen LogP contribution in [0.1, 0.15) is 29.8 Å². The molecule has 148 valence electrons. The van der Waals surface area contributed by atoms with E-state index in [1.54, 1.807) is 39.0 Å². The Kier molecular flexibility index (Phi) is 5.20. The summed E-state index contributed by atoms with van der Waals surface area (Å²) < 4.78 is 25.7. The first kappa shape index (κ1) is 20.6. The van der Waals surface area contributed by atoms with Gasteiger partial charge >= 0.3 is 0 Å². The number of carbonyl (C=O) groups is 2. The van der Waals surface area contributed by atoms with E-state index in [0.29, 0.717) is 20.6 Å². The first-order valence-corrected chi connectivity index (χ1v) is 10.7. The Morgan fingerprint density at radius 1 is 1.14 bits per heavy atom. The first-order chi connectivity index (χ1) is 12.9. The number of carbonyl (C=O) groups excluding carboxylic acids is 2. The SMILES string of the molecule is Cc1c(Cl)cccc1NC(=O)c1ccc(Cl)c(N2C(=O)C(C)(C)CS2(=O)=O)c1. The number of anilines is 2. The van der Waals surface area contributed by atoms with E-state index in [0.717, 1.165) is 0 Å². The minimum atomic E-state index is -3.88. The molecule has 0 unspecified atom stereocenters. The molecular weight excluding hydrogens is 423 g/mol. The molecule has 1 fully saturated rings. The van der Waals surface area contributed by atoms with Crippen LogP contribution in [-0.4, -0.2) is 26.0 Å². The van der Waals surface area contributed by atoms with Crippen molar-refractivity contribution in [1.29, 1.82) is 0 Å². The zero-order valence-electron chi connectivity index (χ0n) is 15.4. The third-order valence-electron chi connectivity index (χ3n) is 4.53. The number of halogens is 2. The van der Waals surface area contributed by atoms with Crippen molar-refractivity contribution in [3.8, 4) is 0 Å². The van der Waals surface area contributed by atoms with Gasteiger partial charge in [-0.15, -0.1) is 0 Å². The maximum atomic E-state index is 12.7. The molecule has 1 aliphatic rings. The topological polar surface area (TPSA) is 83.6 Å². The van der Waals surface area contributed by atoms with E-state index in [4.69, 9.17) is 23.2 Å². The highest BCUT2D eigenvalue weighted by Crippen LogP contribution is 2.39. The van der Waals surface area contributed by atoms with Crippen LogP contribution in [0.2, 0.25) is 10.0 Å². The standard InChI is InChI=1S/C19H18Cl2N2O4S/c1-11-13(20)5-4-6-15(11)22-17(24)12-7-8-14(21)16(9-12)23-18(25)19(2,3)10-28(23,26)27/h4-9H,10H2,1-3H3,(H,22,24). The molecule has 2 aromatic carbocycles. The Hall–Kier alpha value is -2.09. The molecule has 9 heteroatoms. The molecule has 0 bridgehead atoms. The second-order valence-corrected chi connectivity index (χ2v) is 9.87. The van der Waals surface area contributed by atoms with Crippen LogP contribution in [0.3, 0.4) is 0 Å². The molecule has 1 heterocycles. The lowest BCUT2D eigenvalue weighted by Crippen LogP contribution is -2.33. The average Bonchev–Trinajstić information content (AvgIpc) is 2.75. The van der Waals surface area contributed by atoms with Crippen molar-refractivity contribution in [3.05, 3.63) is 57.6 Å². The largest absolute Gasteiger partial charge is 0.322 e. The normalized spacial score (nSPS) is 17.6. The van der Waals surface area contributed by atoms with Crippen molar-refractivity contribution in [1.82, 2.24) is 0 Å². The molecule has 0 aromatic heterocycles. The van der Waals surface area contributed by atoms with E-state index in [-0.39, 0.29) is 22.0 Å². The molecule has 0 atom stereocenters. The van der Waals surface area contributed by atoms with Gasteiger partial charge in [-0.2, -0.15) is 0 Å². The lowest BCUT2D eigenvalue weighted by atomic mass is 9.95. The van der Waals surface area contributed by atoms with E-state index in [1.807, 2.05) is 0 Å². The van der Waals surface area contributed by atoms with Gasteiger partial charge in [0, 0.05) is 16.3 Å². The Labute approximate surface area is 173 Å². The zero-order valence-corrected chi connectivity index (χ0v) is 17.7. The zero-order chi connectivity index (χ0) is 20.9. The molecule has 2 amide bonds. The monoisotopic (exact) mass is 440 g/mol. The first-order valence-electron chi connectivity index (χ1n) is 8.37. The van der Waals surface area contributed by atoms with Crippen LogP contribution in [0.15, 0.2) is 36.4 Å². The van der Waals surface area contributed by atoms with Crippen LogP contribution in [0.4, 0.5) is 11.4 Å². The number of nitrogens with zero attached hydrogens (tertiary/aromatic N) is 1. The van der Waals surface area contributed by atoms with Crippen molar-refractivity contribution in [3.63, 3.8) is 0 Å². The van der Waals surface area contributed by atoms with Gasteiger partial charge in [-0.25, -0.2) is 12.7 Å². The van der Waals surface area contributed by atoms with Crippen molar-refractivity contribution in [2.24, 2.45) is 5.41 Å². The van der Waals surface area contributed by atoms with Gasteiger partial charge in [-0.1, -0.05) is 29.3 Å². The Bertz CT molecular complexity index is 1100. The van der Waals surface area contributed by atoms with Crippen molar-refractivity contribution < 1.29 is 18.0 Å². The summed E-state index contributed by atoms with van der Waals surface area (Å²) in [5, 5.41) is 3.30. The number of hydrogen-bond acceptors (Lipinski definition) is 4. The van der Waals surface area contributed by atoms with Gasteiger partial charge in [0.2, 0.25) is 15.9 Å². The molecule has 1 aliphatic heterocycles. The summed E-state index contributed by atoms with van der Waals surface area (Å²) in [5.41, 5.74) is 0.281. The highest BCUT2D eigenvalue weighted by Gasteiger charge is 2.50. The predicted molar refractivity (Wildman–Crippen MR) is 111 cm³/mol. The van der Waals surface area contributed by atoms with Crippen molar-refractivity contribution in [2.45, 2.75) is 20.8 Å². The fraction of sp³-hybridized carbons (Fsp3) is 0.263. The lowest BCUT2D eigenvalue weighted by molar-refractivity contribution is -0.123. The Morgan fingerprint density at radius 3 is 2.43 bits per heavy atom. The number of sulfonamides is 1. The maximum absolute atomic E-state index is 12.7. The second kappa shape index (κ2) is 7.06. The van der Waals surface area contributed by atoms with Gasteiger partial charge in [-0.05, 0) is 56.7 Å². The smallest absolute Gasteiger partial charge is 0.255 e. The average molecular weight is 441 g/mol. The minimum absolute atomic E-state index is 0.0345. The van der Waals surface area contributed by atoms with E-state index in [2.05, 4.69) is 5.32 Å². The van der Waals surface area contributed by atoms with Crippen molar-refractivity contribution in [2.75, 3.05) is 15.4 Å². The van der Waals surface area contributed by atoms with Gasteiger partial charge in [0.1, 0.15) is 0 Å². The highest BCUT2D eigenvalue weighted by atomic mass is 35.5. The van der Waals surface area contributed by atoms with Crippen LogP contribution in [0.25, 0.3) is 0 Å². The second-order valence-electron chi connectivity index (χ2n) is 7.24. The van der Waals surface area contributed by atoms with Gasteiger partial charge in [0.15, 0.2) is 0 Å². The van der Waals surface area contributed by atoms with Crippen LogP contribution < -0.4 is 9.62 Å². The van der Waals surface area contributed by atoms with Crippen LogP contribution in [-0.2, 0) is 14.8 Å². The Balaban J connectivity index is 1.99. The van der Waals surface area contributed by atoms with Crippen LogP contribution >= 0.6 is 23.2 Å². The van der Waals surface area contributed by atoms with E-state index in [9.17, 15) is 18.0 Å². The van der Waals surface area contributed by atoms with E-state index >= 15 is 0 Å².